The molecule has 1 aromatic carbocycles. The lowest BCUT2D eigenvalue weighted by Crippen LogP contribution is -2.52. The van der Waals surface area contributed by atoms with Crippen molar-refractivity contribution in [1.82, 2.24) is 0 Å². The molecule has 2 N–H and O–H groups in total. The van der Waals surface area contributed by atoms with Crippen LogP contribution in [0.4, 0.5) is 0 Å². The predicted octanol–water partition coefficient (Wildman–Crippen LogP) is 2.18. The highest BCUT2D eigenvalue weighted by Gasteiger charge is 2.36. The van der Waals surface area contributed by atoms with Gasteiger partial charge in [0.1, 0.15) is 11.7 Å². The van der Waals surface area contributed by atoms with Crippen LogP contribution >= 0.6 is 12.0 Å². The Morgan fingerprint density at radius 1 is 1.23 bits per heavy atom. The molecule has 1 unspecified atom stereocenters. The Balaban J connectivity index is 0.00000116. The van der Waals surface area contributed by atoms with E-state index in [4.69, 9.17) is 13.7 Å². The third-order valence-corrected chi connectivity index (χ3v) is 3.88. The van der Waals surface area contributed by atoms with Crippen molar-refractivity contribution < 1.29 is 23.9 Å². The first-order chi connectivity index (χ1) is 10.7. The number of hydrogen-bond acceptors (Lipinski definition) is 6. The summed E-state index contributed by atoms with van der Waals surface area (Å²) in [5, 5.41) is 18.3. The smallest absolute Gasteiger partial charge is 0.137 e. The van der Waals surface area contributed by atoms with Crippen molar-refractivity contribution in [2.75, 3.05) is 33.0 Å². The molecular formula is C16H26O5S. The number of hydrogen-bond donors (Lipinski definition) is 2. The van der Waals surface area contributed by atoms with Crippen molar-refractivity contribution in [3.8, 4) is 0 Å². The van der Waals surface area contributed by atoms with Crippen LogP contribution < -0.4 is 0 Å². The highest BCUT2D eigenvalue weighted by Crippen LogP contribution is 2.22. The first-order valence-corrected chi connectivity index (χ1v) is 8.25. The highest BCUT2D eigenvalue weighted by atomic mass is 32.2. The molecule has 6 heteroatoms. The van der Waals surface area contributed by atoms with E-state index >= 15 is 0 Å². The van der Waals surface area contributed by atoms with E-state index in [-0.39, 0.29) is 25.9 Å². The number of aliphatic hydroxyl groups is 2. The molecule has 0 spiro atoms. The molecule has 0 aliphatic carbocycles. The van der Waals surface area contributed by atoms with Gasteiger partial charge in [0.15, 0.2) is 0 Å². The molecule has 1 heterocycles. The molecule has 0 bridgehead atoms. The molecular weight excluding hydrogens is 304 g/mol. The van der Waals surface area contributed by atoms with Crippen molar-refractivity contribution in [2.24, 2.45) is 0 Å². The third-order valence-electron chi connectivity index (χ3n) is 3.16. The Kier molecular flexibility index (Phi) is 9.00. The SMILES string of the molecule is CC.Cc1ccc(SOCC2COC(CO)(CO)CO2)cc1. The zero-order chi connectivity index (χ0) is 16.4. The van der Waals surface area contributed by atoms with Gasteiger partial charge in [0.25, 0.3) is 0 Å². The number of ether oxygens (including phenoxy) is 2. The van der Waals surface area contributed by atoms with Crippen LogP contribution in [0.25, 0.3) is 0 Å². The minimum Gasteiger partial charge on any atom is -0.393 e. The second kappa shape index (κ2) is 10.2. The van der Waals surface area contributed by atoms with Crippen molar-refractivity contribution in [2.45, 2.75) is 37.4 Å². The molecule has 1 atom stereocenters. The second-order valence-corrected chi connectivity index (χ2v) is 5.80. The van der Waals surface area contributed by atoms with E-state index in [1.54, 1.807) is 0 Å². The van der Waals surface area contributed by atoms with Gasteiger partial charge in [-0.1, -0.05) is 31.5 Å². The Bertz CT molecular complexity index is 396. The van der Waals surface area contributed by atoms with E-state index < -0.39 is 5.60 Å². The van der Waals surface area contributed by atoms with Crippen molar-refractivity contribution in [1.29, 1.82) is 0 Å². The Hall–Kier alpha value is -0.630. The highest BCUT2D eigenvalue weighted by molar-refractivity contribution is 7.94. The fraction of sp³-hybridized carbons (Fsp3) is 0.625. The fourth-order valence-corrected chi connectivity index (χ4v) is 2.33. The molecule has 1 saturated heterocycles. The number of aliphatic hydroxyl groups excluding tert-OH is 2. The van der Waals surface area contributed by atoms with Crippen LogP contribution in [0.2, 0.25) is 0 Å². The predicted molar refractivity (Wildman–Crippen MR) is 86.9 cm³/mol. The Labute approximate surface area is 136 Å². The molecule has 1 aliphatic rings. The molecule has 1 aromatic rings. The van der Waals surface area contributed by atoms with Gasteiger partial charge in [-0.25, -0.2) is 0 Å². The lowest BCUT2D eigenvalue weighted by molar-refractivity contribution is -0.221. The van der Waals surface area contributed by atoms with Gasteiger partial charge in [-0.05, 0) is 19.1 Å². The average Bonchev–Trinajstić information content (AvgIpc) is 2.59. The van der Waals surface area contributed by atoms with Gasteiger partial charge in [-0.15, -0.1) is 0 Å². The molecule has 1 aliphatic heterocycles. The van der Waals surface area contributed by atoms with Crippen molar-refractivity contribution in [3.05, 3.63) is 29.8 Å². The maximum atomic E-state index is 9.17. The van der Waals surface area contributed by atoms with E-state index in [9.17, 15) is 10.2 Å². The van der Waals surface area contributed by atoms with Crippen LogP contribution in [0.5, 0.6) is 0 Å². The molecule has 5 nitrogen and oxygen atoms in total. The normalized spacial score (nSPS) is 20.1. The lowest BCUT2D eigenvalue weighted by Gasteiger charge is -2.37. The summed E-state index contributed by atoms with van der Waals surface area (Å²) in [5.74, 6) is 0. The minimum atomic E-state index is -0.972. The van der Waals surface area contributed by atoms with Crippen LogP contribution in [0.15, 0.2) is 29.2 Å². The fourth-order valence-electron chi connectivity index (χ4n) is 1.73. The molecule has 22 heavy (non-hydrogen) atoms. The van der Waals surface area contributed by atoms with Gasteiger partial charge in [-0.2, -0.15) is 0 Å². The summed E-state index contributed by atoms with van der Waals surface area (Å²) in [6.07, 6.45) is -0.181. The van der Waals surface area contributed by atoms with Crippen LogP contribution in [-0.4, -0.2) is 55.0 Å². The number of aryl methyl sites for hydroxylation is 1. The molecule has 2 rings (SSSR count). The molecule has 1 fully saturated rings. The van der Waals surface area contributed by atoms with Gasteiger partial charge in [-0.3, -0.25) is 0 Å². The maximum absolute atomic E-state index is 9.17. The summed E-state index contributed by atoms with van der Waals surface area (Å²) in [7, 11) is 0. The zero-order valence-corrected chi connectivity index (χ0v) is 14.3. The van der Waals surface area contributed by atoms with Crippen molar-refractivity contribution >= 4 is 12.0 Å². The third kappa shape index (κ3) is 5.87. The summed E-state index contributed by atoms with van der Waals surface area (Å²) < 4.78 is 16.6. The van der Waals surface area contributed by atoms with E-state index in [2.05, 4.69) is 0 Å². The number of rotatable bonds is 6. The molecule has 126 valence electrons. The van der Waals surface area contributed by atoms with Crippen LogP contribution in [0.3, 0.4) is 0 Å². The van der Waals surface area contributed by atoms with Gasteiger partial charge in [0.05, 0.1) is 33.0 Å². The topological polar surface area (TPSA) is 68.2 Å². The lowest BCUT2D eigenvalue weighted by atomic mass is 10.1. The quantitative estimate of drug-likeness (QED) is 0.779. The van der Waals surface area contributed by atoms with Crippen LogP contribution in [0.1, 0.15) is 19.4 Å². The molecule has 0 aromatic heterocycles. The standard InChI is InChI=1S/C14H20O5S.C2H6/c1-11-2-4-13(5-3-11)20-19-7-12-6-18-14(8-15,9-16)10-17-12;1-2/h2-5,12,15-16H,6-10H2,1H3;1-2H3. The van der Waals surface area contributed by atoms with Gasteiger partial charge in [0.2, 0.25) is 0 Å². The van der Waals surface area contributed by atoms with E-state index in [0.29, 0.717) is 13.2 Å². The largest absolute Gasteiger partial charge is 0.393 e. The maximum Gasteiger partial charge on any atom is 0.137 e. The molecule has 0 saturated carbocycles. The Morgan fingerprint density at radius 3 is 2.36 bits per heavy atom. The van der Waals surface area contributed by atoms with Gasteiger partial charge >= 0.3 is 0 Å². The summed E-state index contributed by atoms with van der Waals surface area (Å²) >= 11 is 1.30. The Morgan fingerprint density at radius 2 is 1.86 bits per heavy atom. The van der Waals surface area contributed by atoms with E-state index in [0.717, 1.165) is 4.90 Å². The monoisotopic (exact) mass is 330 g/mol. The summed E-state index contributed by atoms with van der Waals surface area (Å²) in [4.78, 5) is 1.03. The first-order valence-electron chi connectivity index (χ1n) is 7.51. The summed E-state index contributed by atoms with van der Waals surface area (Å²) in [6, 6.07) is 8.06. The molecule has 0 amide bonds. The van der Waals surface area contributed by atoms with E-state index in [1.807, 2.05) is 45.0 Å². The van der Waals surface area contributed by atoms with Gasteiger partial charge < -0.3 is 23.9 Å². The minimum absolute atomic E-state index is 0.170. The number of benzene rings is 1. The van der Waals surface area contributed by atoms with Crippen LogP contribution in [0, 0.1) is 6.92 Å². The van der Waals surface area contributed by atoms with E-state index in [1.165, 1.54) is 17.6 Å². The zero-order valence-electron chi connectivity index (χ0n) is 13.4. The molecule has 0 radical (unpaired) electrons. The average molecular weight is 330 g/mol. The summed E-state index contributed by atoms with van der Waals surface area (Å²) in [5.41, 5.74) is 0.239. The van der Waals surface area contributed by atoms with Crippen molar-refractivity contribution in [3.63, 3.8) is 0 Å². The summed E-state index contributed by atoms with van der Waals surface area (Å²) in [6.45, 7) is 6.39. The second-order valence-electron chi connectivity index (χ2n) is 4.92. The van der Waals surface area contributed by atoms with Gasteiger partial charge in [0, 0.05) is 16.9 Å². The van der Waals surface area contributed by atoms with Crippen LogP contribution in [-0.2, 0) is 13.7 Å². The first kappa shape index (κ1) is 19.4.